The van der Waals surface area contributed by atoms with Crippen LogP contribution in [0.25, 0.3) is 0 Å². The Bertz CT molecular complexity index is 233. The molecule has 1 aliphatic heterocycles. The molecule has 0 aliphatic carbocycles. The Morgan fingerprint density at radius 3 is 2.47 bits per heavy atom. The molecule has 0 aromatic carbocycles. The zero-order valence-corrected chi connectivity index (χ0v) is 11.0. The summed E-state index contributed by atoms with van der Waals surface area (Å²) >= 11 is 4.39. The highest BCUT2D eigenvalue weighted by atomic mass is 32.1. The van der Waals surface area contributed by atoms with Crippen molar-refractivity contribution in [2.24, 2.45) is 5.92 Å². The van der Waals surface area contributed by atoms with Gasteiger partial charge in [-0.05, 0) is 19.9 Å². The van der Waals surface area contributed by atoms with Crippen molar-refractivity contribution >= 4 is 18.5 Å². The molecule has 0 aromatic rings. The minimum absolute atomic E-state index is 0.157. The van der Waals surface area contributed by atoms with E-state index in [2.05, 4.69) is 31.5 Å². The van der Waals surface area contributed by atoms with Crippen LogP contribution in [0.3, 0.4) is 0 Å². The van der Waals surface area contributed by atoms with Crippen LogP contribution in [0, 0.1) is 5.92 Å². The molecule has 1 rings (SSSR count). The van der Waals surface area contributed by atoms with Gasteiger partial charge in [-0.2, -0.15) is 12.6 Å². The van der Waals surface area contributed by atoms with Crippen molar-refractivity contribution in [3.63, 3.8) is 0 Å². The van der Waals surface area contributed by atoms with E-state index in [0.717, 1.165) is 19.6 Å². The maximum Gasteiger partial charge on any atom is 0.236 e. The molecule has 0 spiro atoms. The van der Waals surface area contributed by atoms with Crippen LogP contribution in [0.1, 0.15) is 20.8 Å². The van der Waals surface area contributed by atoms with Gasteiger partial charge in [0, 0.05) is 25.7 Å². The van der Waals surface area contributed by atoms with E-state index in [1.165, 1.54) is 0 Å². The average molecular weight is 230 g/mol. The van der Waals surface area contributed by atoms with Gasteiger partial charge in [-0.3, -0.25) is 4.79 Å². The molecular formula is C11H22N2OS. The second-order valence-corrected chi connectivity index (χ2v) is 5.39. The zero-order valence-electron chi connectivity index (χ0n) is 10.1. The molecule has 1 aliphatic rings. The Morgan fingerprint density at radius 1 is 1.40 bits per heavy atom. The molecule has 15 heavy (non-hydrogen) atoms. The lowest BCUT2D eigenvalue weighted by Crippen LogP contribution is -2.55. The van der Waals surface area contributed by atoms with Gasteiger partial charge in [0.1, 0.15) is 0 Å². The highest BCUT2D eigenvalue weighted by molar-refractivity contribution is 7.81. The van der Waals surface area contributed by atoms with Gasteiger partial charge in [-0.1, -0.05) is 13.8 Å². The predicted molar refractivity (Wildman–Crippen MR) is 66.3 cm³/mol. The maximum atomic E-state index is 12.1. The van der Waals surface area contributed by atoms with Crippen LogP contribution in [0.5, 0.6) is 0 Å². The molecule has 4 heteroatoms. The smallest absolute Gasteiger partial charge is 0.236 e. The van der Waals surface area contributed by atoms with Gasteiger partial charge in [-0.25, -0.2) is 0 Å². The second-order valence-electron chi connectivity index (χ2n) is 4.83. The van der Waals surface area contributed by atoms with Crippen molar-refractivity contribution in [1.82, 2.24) is 9.80 Å². The second kappa shape index (κ2) is 5.21. The molecule has 1 saturated heterocycles. The molecule has 1 fully saturated rings. The number of carbonyl (C=O) groups is 1. The van der Waals surface area contributed by atoms with Gasteiger partial charge in [0.05, 0.1) is 5.25 Å². The largest absolute Gasteiger partial charge is 0.336 e. The van der Waals surface area contributed by atoms with E-state index in [1.54, 1.807) is 0 Å². The quantitative estimate of drug-likeness (QED) is 0.718. The van der Waals surface area contributed by atoms with E-state index in [4.69, 9.17) is 0 Å². The van der Waals surface area contributed by atoms with E-state index in [-0.39, 0.29) is 11.2 Å². The first-order valence-electron chi connectivity index (χ1n) is 5.60. The highest BCUT2D eigenvalue weighted by Crippen LogP contribution is 2.16. The Kier molecular flexibility index (Phi) is 4.46. The van der Waals surface area contributed by atoms with Crippen LogP contribution < -0.4 is 0 Å². The normalized spacial score (nSPS) is 25.7. The summed E-state index contributed by atoms with van der Waals surface area (Å²) in [5.41, 5.74) is 0. The molecule has 0 bridgehead atoms. The van der Waals surface area contributed by atoms with Crippen molar-refractivity contribution < 1.29 is 4.79 Å². The number of likely N-dealkylation sites (N-methyl/N-ethyl adjacent to an activating group) is 1. The molecule has 3 nitrogen and oxygen atoms in total. The zero-order chi connectivity index (χ0) is 11.6. The van der Waals surface area contributed by atoms with Crippen molar-refractivity contribution in [3.05, 3.63) is 0 Å². The lowest BCUT2D eigenvalue weighted by Gasteiger charge is -2.39. The Morgan fingerprint density at radius 2 is 2.00 bits per heavy atom. The van der Waals surface area contributed by atoms with Crippen LogP contribution in [-0.4, -0.2) is 53.7 Å². The summed E-state index contributed by atoms with van der Waals surface area (Å²) in [7, 11) is 2.10. The number of hydrogen-bond acceptors (Lipinski definition) is 3. The number of rotatable bonds is 2. The van der Waals surface area contributed by atoms with E-state index < -0.39 is 0 Å². The van der Waals surface area contributed by atoms with Gasteiger partial charge >= 0.3 is 0 Å². The molecule has 2 atom stereocenters. The molecule has 88 valence electrons. The van der Waals surface area contributed by atoms with E-state index >= 15 is 0 Å². The fraction of sp³-hybridized carbons (Fsp3) is 0.909. The molecule has 0 N–H and O–H groups in total. The average Bonchev–Trinajstić information content (AvgIpc) is 2.15. The molecule has 1 amide bonds. The van der Waals surface area contributed by atoms with Gasteiger partial charge < -0.3 is 9.80 Å². The molecular weight excluding hydrogens is 208 g/mol. The summed E-state index contributed by atoms with van der Waals surface area (Å²) in [4.78, 5) is 16.3. The van der Waals surface area contributed by atoms with Crippen LogP contribution in [0.4, 0.5) is 0 Å². The maximum absolute atomic E-state index is 12.1. The Hall–Kier alpha value is -0.220. The number of amides is 1. The topological polar surface area (TPSA) is 23.6 Å². The van der Waals surface area contributed by atoms with Gasteiger partial charge in [-0.15, -0.1) is 0 Å². The Balaban J connectivity index is 2.60. The van der Waals surface area contributed by atoms with Crippen LogP contribution in [-0.2, 0) is 4.79 Å². The van der Waals surface area contributed by atoms with Crippen molar-refractivity contribution in [2.45, 2.75) is 32.1 Å². The first-order chi connectivity index (χ1) is 6.93. The number of nitrogens with zero attached hydrogens (tertiary/aromatic N) is 2. The van der Waals surface area contributed by atoms with Gasteiger partial charge in [0.2, 0.25) is 5.91 Å². The summed E-state index contributed by atoms with van der Waals surface area (Å²) in [6.07, 6.45) is 0. The van der Waals surface area contributed by atoms with Crippen LogP contribution in [0.15, 0.2) is 0 Å². The summed E-state index contributed by atoms with van der Waals surface area (Å²) < 4.78 is 0. The van der Waals surface area contributed by atoms with E-state index in [1.807, 2.05) is 18.7 Å². The molecule has 0 saturated carbocycles. The molecule has 0 aromatic heterocycles. The lowest BCUT2D eigenvalue weighted by atomic mass is 10.1. The first-order valence-corrected chi connectivity index (χ1v) is 6.12. The van der Waals surface area contributed by atoms with Crippen molar-refractivity contribution in [3.8, 4) is 0 Å². The van der Waals surface area contributed by atoms with E-state index in [9.17, 15) is 4.79 Å². The molecule has 0 radical (unpaired) electrons. The van der Waals surface area contributed by atoms with Crippen LogP contribution in [0.2, 0.25) is 0 Å². The third-order valence-corrected chi connectivity index (χ3v) is 3.82. The summed E-state index contributed by atoms with van der Waals surface area (Å²) in [6.45, 7) is 8.94. The number of carbonyl (C=O) groups excluding carboxylic acids is 1. The fourth-order valence-corrected chi connectivity index (χ4v) is 2.07. The highest BCUT2D eigenvalue weighted by Gasteiger charge is 2.30. The Labute approximate surface area is 98.2 Å². The number of piperazine rings is 1. The third-order valence-electron chi connectivity index (χ3n) is 3.00. The third kappa shape index (κ3) is 3.11. The standard InChI is InChI=1S/C11H22N2OS/c1-8(2)10(15)11(14)13-6-5-12(4)7-9(13)3/h8-10,15H,5-7H2,1-4H3. The number of thiol groups is 1. The minimum Gasteiger partial charge on any atom is -0.336 e. The summed E-state index contributed by atoms with van der Waals surface area (Å²) in [6, 6.07) is 0.310. The van der Waals surface area contributed by atoms with Gasteiger partial charge in [0.25, 0.3) is 0 Å². The summed E-state index contributed by atoms with van der Waals surface area (Å²) in [5.74, 6) is 0.488. The first kappa shape index (κ1) is 12.8. The monoisotopic (exact) mass is 230 g/mol. The fourth-order valence-electron chi connectivity index (χ4n) is 1.92. The SMILES string of the molecule is CC(C)C(S)C(=O)N1CCN(C)CC1C. The van der Waals surface area contributed by atoms with Gasteiger partial charge in [0.15, 0.2) is 0 Å². The van der Waals surface area contributed by atoms with Crippen LogP contribution >= 0.6 is 12.6 Å². The van der Waals surface area contributed by atoms with Crippen molar-refractivity contribution in [1.29, 1.82) is 0 Å². The lowest BCUT2D eigenvalue weighted by molar-refractivity contribution is -0.135. The minimum atomic E-state index is -0.157. The van der Waals surface area contributed by atoms with Crippen molar-refractivity contribution in [2.75, 3.05) is 26.7 Å². The molecule has 1 heterocycles. The predicted octanol–water partition coefficient (Wildman–Crippen LogP) is 1.10. The van der Waals surface area contributed by atoms with E-state index in [0.29, 0.717) is 12.0 Å². The molecule has 2 unspecified atom stereocenters. The number of hydrogen-bond donors (Lipinski definition) is 1. The summed E-state index contributed by atoms with van der Waals surface area (Å²) in [5, 5.41) is -0.157.